The fourth-order valence-corrected chi connectivity index (χ4v) is 1.42. The van der Waals surface area contributed by atoms with Gasteiger partial charge >= 0.3 is 12.1 Å². The van der Waals surface area contributed by atoms with E-state index >= 15 is 0 Å². The minimum absolute atomic E-state index is 0.0449. The van der Waals surface area contributed by atoms with E-state index in [0.717, 1.165) is 6.33 Å². The summed E-state index contributed by atoms with van der Waals surface area (Å²) >= 11 is 0. The molecule has 1 amide bonds. The van der Waals surface area contributed by atoms with Crippen molar-refractivity contribution in [2.24, 2.45) is 0 Å². The zero-order valence-corrected chi connectivity index (χ0v) is 10.4. The summed E-state index contributed by atoms with van der Waals surface area (Å²) in [6.07, 6.45) is -2.54. The van der Waals surface area contributed by atoms with Crippen LogP contribution in [-0.4, -0.2) is 22.1 Å². The molecule has 7 nitrogen and oxygen atoms in total. The highest BCUT2D eigenvalue weighted by molar-refractivity contribution is 5.99. The molecular weight excluding hydrogens is 291 g/mol. The summed E-state index contributed by atoms with van der Waals surface area (Å²) in [5.74, 6) is -1.97. The van der Waals surface area contributed by atoms with Crippen molar-refractivity contribution in [2.45, 2.75) is 12.7 Å². The number of carbonyl (C=O) groups is 1. The Hall–Kier alpha value is -2.78. The Kier molecular flexibility index (Phi) is 3.96. The second-order valence-electron chi connectivity index (χ2n) is 3.87. The van der Waals surface area contributed by atoms with Crippen LogP contribution in [0.4, 0.5) is 30.5 Å². The molecule has 10 heteroatoms. The molecule has 0 saturated heterocycles. The van der Waals surface area contributed by atoms with Crippen LogP contribution in [0.2, 0.25) is 0 Å². The van der Waals surface area contributed by atoms with Crippen LogP contribution >= 0.6 is 0 Å². The molecule has 112 valence electrons. The van der Waals surface area contributed by atoms with Gasteiger partial charge in [-0.3, -0.25) is 4.79 Å². The van der Waals surface area contributed by atoms with Gasteiger partial charge in [-0.2, -0.15) is 13.2 Å². The molecule has 2 aromatic heterocycles. The lowest BCUT2D eigenvalue weighted by Crippen LogP contribution is -2.31. The smallest absolute Gasteiger partial charge is 0.467 e. The summed E-state index contributed by atoms with van der Waals surface area (Å²) in [5.41, 5.74) is 5.12. The molecule has 0 bridgehead atoms. The Morgan fingerprint density at radius 2 is 2.14 bits per heavy atom. The van der Waals surface area contributed by atoms with Gasteiger partial charge in [-0.05, 0) is 12.1 Å². The Morgan fingerprint density at radius 3 is 2.76 bits per heavy atom. The lowest BCUT2D eigenvalue weighted by molar-refractivity contribution is -0.167. The largest absolute Gasteiger partial charge is 0.471 e. The maximum Gasteiger partial charge on any atom is 0.471 e. The highest BCUT2D eigenvalue weighted by atomic mass is 19.4. The van der Waals surface area contributed by atoms with Crippen molar-refractivity contribution in [3.8, 4) is 0 Å². The molecule has 2 heterocycles. The number of hydrogen-bond acceptors (Lipinski definition) is 6. The van der Waals surface area contributed by atoms with Crippen LogP contribution in [0.5, 0.6) is 0 Å². The fourth-order valence-electron chi connectivity index (χ4n) is 1.42. The zero-order chi connectivity index (χ0) is 15.5. The molecule has 0 unspecified atom stereocenters. The number of amides is 1. The van der Waals surface area contributed by atoms with Crippen molar-refractivity contribution < 1.29 is 22.4 Å². The molecule has 2 rings (SSSR count). The third-order valence-corrected chi connectivity index (χ3v) is 2.38. The third-order valence-electron chi connectivity index (χ3n) is 2.38. The summed E-state index contributed by atoms with van der Waals surface area (Å²) < 4.78 is 41.9. The number of nitrogens with one attached hydrogen (secondary N) is 2. The average Bonchev–Trinajstić information content (AvgIpc) is 2.91. The standard InChI is InChI=1S/C11H10F3N5O2/c12-11(13,14)10(20)19-7-8(15)17-5-18-9(7)16-4-6-2-1-3-21-6/h1-3,5H,4H2,(H,19,20)(H3,15,16,17,18). The minimum Gasteiger partial charge on any atom is -0.467 e. The van der Waals surface area contributed by atoms with Gasteiger partial charge in [0.25, 0.3) is 0 Å². The summed E-state index contributed by atoms with van der Waals surface area (Å²) in [7, 11) is 0. The van der Waals surface area contributed by atoms with E-state index in [9.17, 15) is 18.0 Å². The highest BCUT2D eigenvalue weighted by Gasteiger charge is 2.39. The van der Waals surface area contributed by atoms with Gasteiger partial charge < -0.3 is 20.8 Å². The van der Waals surface area contributed by atoms with E-state index in [-0.39, 0.29) is 23.9 Å². The minimum atomic E-state index is -5.04. The van der Waals surface area contributed by atoms with Crippen molar-refractivity contribution in [3.05, 3.63) is 30.5 Å². The van der Waals surface area contributed by atoms with Crippen LogP contribution in [0.25, 0.3) is 0 Å². The molecule has 21 heavy (non-hydrogen) atoms. The molecule has 0 spiro atoms. The average molecular weight is 301 g/mol. The lowest BCUT2D eigenvalue weighted by Gasteiger charge is -2.13. The quantitative estimate of drug-likeness (QED) is 0.794. The number of nitrogens with two attached hydrogens (primary N) is 1. The van der Waals surface area contributed by atoms with Gasteiger partial charge in [-0.1, -0.05) is 0 Å². The molecule has 0 aliphatic rings. The maximum atomic E-state index is 12.3. The van der Waals surface area contributed by atoms with Crippen LogP contribution in [0.1, 0.15) is 5.76 Å². The molecule has 2 aromatic rings. The maximum absolute atomic E-state index is 12.3. The van der Waals surface area contributed by atoms with E-state index in [0.29, 0.717) is 5.76 Å². The molecule has 0 aliphatic heterocycles. The number of nitrogen functional groups attached to an aromatic ring is 1. The highest BCUT2D eigenvalue weighted by Crippen LogP contribution is 2.27. The fraction of sp³-hybridized carbons (Fsp3) is 0.182. The monoisotopic (exact) mass is 301 g/mol. The summed E-state index contributed by atoms with van der Waals surface area (Å²) in [6.45, 7) is 0.151. The first-order chi connectivity index (χ1) is 9.88. The van der Waals surface area contributed by atoms with Crippen LogP contribution in [-0.2, 0) is 11.3 Å². The van der Waals surface area contributed by atoms with Crippen LogP contribution in [0.15, 0.2) is 29.1 Å². The van der Waals surface area contributed by atoms with Crippen LogP contribution < -0.4 is 16.4 Å². The van der Waals surface area contributed by atoms with Crippen molar-refractivity contribution in [1.29, 1.82) is 0 Å². The second kappa shape index (κ2) is 5.69. The van der Waals surface area contributed by atoms with Gasteiger partial charge in [0.2, 0.25) is 0 Å². The number of aromatic nitrogens is 2. The van der Waals surface area contributed by atoms with Gasteiger partial charge in [0.1, 0.15) is 17.8 Å². The SMILES string of the molecule is Nc1ncnc(NCc2ccco2)c1NC(=O)C(F)(F)F. The Morgan fingerprint density at radius 1 is 1.38 bits per heavy atom. The zero-order valence-electron chi connectivity index (χ0n) is 10.4. The van der Waals surface area contributed by atoms with E-state index in [1.54, 1.807) is 17.4 Å². The van der Waals surface area contributed by atoms with E-state index in [1.165, 1.54) is 6.26 Å². The van der Waals surface area contributed by atoms with Crippen LogP contribution in [0.3, 0.4) is 0 Å². The van der Waals surface area contributed by atoms with Gasteiger partial charge in [0, 0.05) is 0 Å². The summed E-state index contributed by atoms with van der Waals surface area (Å²) in [5, 5.41) is 4.35. The first-order valence-electron chi connectivity index (χ1n) is 5.63. The summed E-state index contributed by atoms with van der Waals surface area (Å²) in [6, 6.07) is 3.31. The molecular formula is C11H10F3N5O2. The van der Waals surface area contributed by atoms with Crippen molar-refractivity contribution in [3.63, 3.8) is 0 Å². The molecule has 0 atom stereocenters. The van der Waals surface area contributed by atoms with E-state index in [4.69, 9.17) is 10.2 Å². The van der Waals surface area contributed by atoms with Crippen molar-refractivity contribution in [1.82, 2.24) is 9.97 Å². The number of furan rings is 1. The molecule has 0 fully saturated rings. The Balaban J connectivity index is 2.17. The Bertz CT molecular complexity index is 627. The second-order valence-corrected chi connectivity index (χ2v) is 3.87. The molecule has 0 radical (unpaired) electrons. The van der Waals surface area contributed by atoms with Gasteiger partial charge in [-0.25, -0.2) is 9.97 Å². The van der Waals surface area contributed by atoms with Gasteiger partial charge in [0.05, 0.1) is 12.8 Å². The number of nitrogens with zero attached hydrogens (tertiary/aromatic N) is 2. The Labute approximate surface area is 116 Å². The van der Waals surface area contributed by atoms with E-state index in [2.05, 4.69) is 15.3 Å². The number of carbonyl (C=O) groups excluding carboxylic acids is 1. The van der Waals surface area contributed by atoms with E-state index in [1.807, 2.05) is 0 Å². The summed E-state index contributed by atoms with van der Waals surface area (Å²) in [4.78, 5) is 18.3. The molecule has 4 N–H and O–H groups in total. The topological polar surface area (TPSA) is 106 Å². The lowest BCUT2D eigenvalue weighted by atomic mass is 10.3. The number of rotatable bonds is 4. The van der Waals surface area contributed by atoms with Crippen molar-refractivity contribution >= 4 is 23.2 Å². The van der Waals surface area contributed by atoms with Crippen molar-refractivity contribution in [2.75, 3.05) is 16.4 Å². The molecule has 0 aliphatic carbocycles. The normalized spacial score (nSPS) is 11.2. The molecule has 0 saturated carbocycles. The molecule has 0 aromatic carbocycles. The predicted octanol–water partition coefficient (Wildman–Crippen LogP) is 1.76. The first-order valence-corrected chi connectivity index (χ1v) is 5.63. The third kappa shape index (κ3) is 3.61. The van der Waals surface area contributed by atoms with Gasteiger partial charge in [0.15, 0.2) is 11.6 Å². The van der Waals surface area contributed by atoms with Crippen LogP contribution in [0, 0.1) is 0 Å². The predicted molar refractivity (Wildman–Crippen MR) is 67.2 cm³/mol. The van der Waals surface area contributed by atoms with Gasteiger partial charge in [-0.15, -0.1) is 0 Å². The number of hydrogen-bond donors (Lipinski definition) is 3. The number of halogens is 3. The number of anilines is 3. The van der Waals surface area contributed by atoms with E-state index < -0.39 is 12.1 Å². The first kappa shape index (κ1) is 14.6. The number of alkyl halides is 3.